The predicted molar refractivity (Wildman–Crippen MR) is 178 cm³/mol. The van der Waals surface area contributed by atoms with Crippen LogP contribution in [0.25, 0.3) is 38.7 Å². The number of benzene rings is 5. The van der Waals surface area contributed by atoms with Gasteiger partial charge in [-0.25, -0.2) is 0 Å². The summed E-state index contributed by atoms with van der Waals surface area (Å²) in [5.41, 5.74) is 12.5. The van der Waals surface area contributed by atoms with E-state index in [1.165, 1.54) is 55.3 Å². The standard InChI is InChI=1S/C40H35N/c1-5-10-28-15-18-31(19-16-28)33-22-24-36-35-23-17-29(25-37(35)40(2,3)38(36)27-33)11-6-9-14-39(41-4)34-21-20-30-12-7-8-13-32(30)26-34/h5-9,12-27H,1,4,10-11H2,2-3H3/b9-6-,39-14-. The molecule has 1 nitrogen and oxygen atoms in total. The van der Waals surface area contributed by atoms with Crippen LogP contribution >= 0.6 is 0 Å². The highest BCUT2D eigenvalue weighted by atomic mass is 14.7. The molecule has 5 aromatic carbocycles. The van der Waals surface area contributed by atoms with Crippen molar-refractivity contribution in [2.24, 2.45) is 4.99 Å². The molecule has 1 heteroatoms. The van der Waals surface area contributed by atoms with Crippen molar-refractivity contribution in [3.8, 4) is 22.3 Å². The summed E-state index contributed by atoms with van der Waals surface area (Å²) in [4.78, 5) is 4.30. The van der Waals surface area contributed by atoms with Crippen LogP contribution in [-0.2, 0) is 18.3 Å². The van der Waals surface area contributed by atoms with Crippen molar-refractivity contribution < 1.29 is 0 Å². The molecule has 6 rings (SSSR count). The molecule has 0 bridgehead atoms. The van der Waals surface area contributed by atoms with Crippen molar-refractivity contribution in [1.29, 1.82) is 0 Å². The molecule has 0 atom stereocenters. The van der Waals surface area contributed by atoms with Gasteiger partial charge in [-0.3, -0.25) is 4.99 Å². The third-order valence-electron chi connectivity index (χ3n) is 8.37. The molecule has 0 saturated carbocycles. The molecular formula is C40H35N. The Morgan fingerprint density at radius 1 is 0.707 bits per heavy atom. The Bertz CT molecular complexity index is 1830. The summed E-state index contributed by atoms with van der Waals surface area (Å²) < 4.78 is 0. The summed E-state index contributed by atoms with van der Waals surface area (Å²) in [6.07, 6.45) is 10.1. The first-order chi connectivity index (χ1) is 20.0. The van der Waals surface area contributed by atoms with Gasteiger partial charge in [0.05, 0.1) is 5.70 Å². The van der Waals surface area contributed by atoms with E-state index >= 15 is 0 Å². The van der Waals surface area contributed by atoms with Gasteiger partial charge in [0.15, 0.2) is 0 Å². The summed E-state index contributed by atoms with van der Waals surface area (Å²) in [6, 6.07) is 37.6. The first-order valence-electron chi connectivity index (χ1n) is 14.3. The van der Waals surface area contributed by atoms with Gasteiger partial charge in [-0.1, -0.05) is 123 Å². The molecule has 0 aromatic heterocycles. The van der Waals surface area contributed by atoms with Crippen molar-refractivity contribution in [2.75, 3.05) is 0 Å². The SMILES string of the molecule is C=CCc1ccc(-c2ccc3c(c2)C(C)(C)c2cc(C/C=C\C=C(/N=C)c4ccc5ccccc5c4)ccc2-3)cc1. The van der Waals surface area contributed by atoms with Crippen molar-refractivity contribution in [3.63, 3.8) is 0 Å². The molecule has 1 aliphatic rings. The van der Waals surface area contributed by atoms with Crippen LogP contribution in [0.2, 0.25) is 0 Å². The third kappa shape index (κ3) is 5.12. The molecule has 1 aliphatic carbocycles. The number of rotatable bonds is 8. The number of hydrogen-bond acceptors (Lipinski definition) is 1. The van der Waals surface area contributed by atoms with Gasteiger partial charge in [0.2, 0.25) is 0 Å². The van der Waals surface area contributed by atoms with Crippen LogP contribution < -0.4 is 0 Å². The highest BCUT2D eigenvalue weighted by molar-refractivity contribution is 5.87. The van der Waals surface area contributed by atoms with E-state index in [0.717, 1.165) is 24.1 Å². The average Bonchev–Trinajstić information content (AvgIpc) is 3.23. The fourth-order valence-electron chi connectivity index (χ4n) is 6.04. The Morgan fingerprint density at radius 2 is 1.39 bits per heavy atom. The van der Waals surface area contributed by atoms with E-state index in [2.05, 4.69) is 153 Å². The quantitative estimate of drug-likeness (QED) is 0.108. The normalized spacial score (nSPS) is 13.8. The molecule has 0 N–H and O–H groups in total. The van der Waals surface area contributed by atoms with Gasteiger partial charge in [-0.15, -0.1) is 6.58 Å². The smallest absolute Gasteiger partial charge is 0.0694 e. The molecule has 0 radical (unpaired) electrons. The van der Waals surface area contributed by atoms with Gasteiger partial charge in [0.25, 0.3) is 0 Å². The Kier molecular flexibility index (Phi) is 7.12. The second kappa shape index (κ2) is 11.0. The maximum atomic E-state index is 4.30. The number of fused-ring (bicyclic) bond motifs is 4. The average molecular weight is 530 g/mol. The topological polar surface area (TPSA) is 12.4 Å². The summed E-state index contributed by atoms with van der Waals surface area (Å²) in [7, 11) is 0. The fraction of sp³-hybridized carbons (Fsp3) is 0.125. The van der Waals surface area contributed by atoms with Crippen LogP contribution in [0.15, 0.2) is 139 Å². The molecule has 200 valence electrons. The minimum absolute atomic E-state index is 0.0565. The molecule has 0 saturated heterocycles. The lowest BCUT2D eigenvalue weighted by Gasteiger charge is -2.22. The van der Waals surface area contributed by atoms with E-state index in [9.17, 15) is 0 Å². The second-order valence-corrected chi connectivity index (χ2v) is 11.4. The molecule has 0 amide bonds. The van der Waals surface area contributed by atoms with Gasteiger partial charge >= 0.3 is 0 Å². The Hall–Kier alpha value is -4.75. The zero-order valence-electron chi connectivity index (χ0n) is 23.9. The zero-order chi connectivity index (χ0) is 28.4. The zero-order valence-corrected chi connectivity index (χ0v) is 23.9. The molecule has 0 fully saturated rings. The van der Waals surface area contributed by atoms with Gasteiger partial charge in [0, 0.05) is 11.0 Å². The number of aliphatic imine (C=N–C) groups is 1. The van der Waals surface area contributed by atoms with Crippen LogP contribution in [0, 0.1) is 0 Å². The molecule has 0 spiro atoms. The van der Waals surface area contributed by atoms with Crippen LogP contribution in [0.1, 0.15) is 41.7 Å². The molecule has 41 heavy (non-hydrogen) atoms. The predicted octanol–water partition coefficient (Wildman–Crippen LogP) is 10.4. The van der Waals surface area contributed by atoms with Crippen molar-refractivity contribution in [2.45, 2.75) is 32.1 Å². The molecular weight excluding hydrogens is 494 g/mol. The van der Waals surface area contributed by atoms with Crippen molar-refractivity contribution >= 4 is 23.2 Å². The maximum Gasteiger partial charge on any atom is 0.0694 e. The summed E-state index contributed by atoms with van der Waals surface area (Å²) in [6.45, 7) is 12.4. The van der Waals surface area contributed by atoms with Gasteiger partial charge in [0.1, 0.15) is 0 Å². The highest BCUT2D eigenvalue weighted by Gasteiger charge is 2.35. The van der Waals surface area contributed by atoms with Crippen LogP contribution in [-0.4, -0.2) is 6.72 Å². The number of nitrogens with zero attached hydrogens (tertiary/aromatic N) is 1. The summed E-state index contributed by atoms with van der Waals surface area (Å²) >= 11 is 0. The Morgan fingerprint density at radius 3 is 2.15 bits per heavy atom. The van der Waals surface area contributed by atoms with E-state index in [4.69, 9.17) is 0 Å². The minimum Gasteiger partial charge on any atom is -0.264 e. The highest BCUT2D eigenvalue weighted by Crippen LogP contribution is 2.50. The van der Waals surface area contributed by atoms with E-state index in [-0.39, 0.29) is 5.41 Å². The lowest BCUT2D eigenvalue weighted by Crippen LogP contribution is -2.15. The minimum atomic E-state index is -0.0565. The van der Waals surface area contributed by atoms with E-state index in [0.29, 0.717) is 0 Å². The van der Waals surface area contributed by atoms with Crippen molar-refractivity contribution in [1.82, 2.24) is 0 Å². The number of hydrogen-bond donors (Lipinski definition) is 0. The first-order valence-corrected chi connectivity index (χ1v) is 14.3. The van der Waals surface area contributed by atoms with Gasteiger partial charge < -0.3 is 0 Å². The van der Waals surface area contributed by atoms with E-state index in [1.807, 2.05) is 6.08 Å². The molecule has 0 unspecified atom stereocenters. The van der Waals surface area contributed by atoms with Crippen molar-refractivity contribution in [3.05, 3.63) is 162 Å². The lowest BCUT2D eigenvalue weighted by atomic mass is 9.81. The van der Waals surface area contributed by atoms with E-state index in [1.54, 1.807) is 0 Å². The monoisotopic (exact) mass is 529 g/mol. The van der Waals surface area contributed by atoms with E-state index < -0.39 is 0 Å². The molecule has 0 heterocycles. The second-order valence-electron chi connectivity index (χ2n) is 11.4. The third-order valence-corrected chi connectivity index (χ3v) is 8.37. The van der Waals surface area contributed by atoms with Gasteiger partial charge in [-0.05, 0) is 93.0 Å². The fourth-order valence-corrected chi connectivity index (χ4v) is 6.04. The van der Waals surface area contributed by atoms with Crippen LogP contribution in [0.5, 0.6) is 0 Å². The molecule has 0 aliphatic heterocycles. The largest absolute Gasteiger partial charge is 0.264 e. The van der Waals surface area contributed by atoms with Crippen LogP contribution in [0.4, 0.5) is 0 Å². The Labute approximate surface area is 243 Å². The summed E-state index contributed by atoms with van der Waals surface area (Å²) in [5, 5.41) is 2.44. The molecule has 5 aromatic rings. The first kappa shape index (κ1) is 26.5. The Balaban J connectivity index is 1.21. The summed E-state index contributed by atoms with van der Waals surface area (Å²) in [5.74, 6) is 0. The van der Waals surface area contributed by atoms with Crippen LogP contribution in [0.3, 0.4) is 0 Å². The maximum absolute atomic E-state index is 4.30. The lowest BCUT2D eigenvalue weighted by molar-refractivity contribution is 0.659. The number of allylic oxidation sites excluding steroid dienone is 4. The van der Waals surface area contributed by atoms with Gasteiger partial charge in [-0.2, -0.15) is 0 Å².